The van der Waals surface area contributed by atoms with E-state index in [2.05, 4.69) is 15.4 Å². The zero-order chi connectivity index (χ0) is 18.9. The Hall–Kier alpha value is -2.14. The SMILES string of the molecule is Cc1cc(C(=O)NCCCN2CCOCC2)no1.O=C(O)C(F)(F)F. The lowest BCUT2D eigenvalue weighted by Crippen LogP contribution is -2.38. The summed E-state index contributed by atoms with van der Waals surface area (Å²) in [5.74, 6) is -2.28. The molecule has 1 aliphatic heterocycles. The van der Waals surface area contributed by atoms with Crippen molar-refractivity contribution < 1.29 is 37.1 Å². The minimum Gasteiger partial charge on any atom is -0.475 e. The first-order valence-corrected chi connectivity index (χ1v) is 7.52. The van der Waals surface area contributed by atoms with Gasteiger partial charge in [0.1, 0.15) is 5.76 Å². The Kier molecular flexibility index (Phi) is 8.35. The maximum atomic E-state index is 11.6. The first-order valence-electron chi connectivity index (χ1n) is 7.52. The molecule has 0 saturated carbocycles. The van der Waals surface area contributed by atoms with E-state index in [0.29, 0.717) is 18.0 Å². The van der Waals surface area contributed by atoms with Crippen LogP contribution in [0, 0.1) is 6.92 Å². The summed E-state index contributed by atoms with van der Waals surface area (Å²) in [6.45, 7) is 6.99. The summed E-state index contributed by atoms with van der Waals surface area (Å²) in [6.07, 6.45) is -4.15. The van der Waals surface area contributed by atoms with Crippen molar-refractivity contribution in [2.24, 2.45) is 0 Å². The van der Waals surface area contributed by atoms with Crippen molar-refractivity contribution in [3.8, 4) is 0 Å². The third-order valence-electron chi connectivity index (χ3n) is 3.14. The molecule has 0 aromatic carbocycles. The summed E-state index contributed by atoms with van der Waals surface area (Å²) in [4.78, 5) is 22.9. The third kappa shape index (κ3) is 8.49. The molecular formula is C14H20F3N3O5. The molecule has 2 N–H and O–H groups in total. The van der Waals surface area contributed by atoms with Gasteiger partial charge in [-0.05, 0) is 19.9 Å². The second-order valence-corrected chi connectivity index (χ2v) is 5.19. The van der Waals surface area contributed by atoms with Crippen molar-refractivity contribution in [3.05, 3.63) is 17.5 Å². The molecular weight excluding hydrogens is 347 g/mol. The second kappa shape index (κ2) is 9.99. The highest BCUT2D eigenvalue weighted by Gasteiger charge is 2.38. The van der Waals surface area contributed by atoms with Crippen LogP contribution in [0.1, 0.15) is 22.7 Å². The number of hydrogen-bond donors (Lipinski definition) is 2. The number of aliphatic carboxylic acids is 1. The molecule has 0 aliphatic carbocycles. The largest absolute Gasteiger partial charge is 0.490 e. The molecule has 2 rings (SSSR count). The predicted octanol–water partition coefficient (Wildman–Crippen LogP) is 1.07. The number of rotatable bonds is 5. The molecule has 1 aromatic heterocycles. The molecule has 25 heavy (non-hydrogen) atoms. The molecule has 1 aromatic rings. The van der Waals surface area contributed by atoms with E-state index in [4.69, 9.17) is 19.2 Å². The standard InChI is InChI=1S/C12H19N3O3.C2HF3O2/c1-10-9-11(14-18-10)12(16)13-3-2-4-15-5-7-17-8-6-15;3-2(4,5)1(6)7/h9H,2-8H2,1H3,(H,13,16);(H,6,7). The number of hydrogen-bond acceptors (Lipinski definition) is 6. The van der Waals surface area contributed by atoms with Gasteiger partial charge in [0.25, 0.3) is 5.91 Å². The summed E-state index contributed by atoms with van der Waals surface area (Å²) in [7, 11) is 0. The number of amides is 1. The molecule has 11 heteroatoms. The Labute approximate surface area is 141 Å². The van der Waals surface area contributed by atoms with Gasteiger partial charge in [-0.2, -0.15) is 13.2 Å². The van der Waals surface area contributed by atoms with Crippen LogP contribution in [0.2, 0.25) is 0 Å². The van der Waals surface area contributed by atoms with Gasteiger partial charge in [0.05, 0.1) is 13.2 Å². The highest BCUT2D eigenvalue weighted by molar-refractivity contribution is 5.92. The van der Waals surface area contributed by atoms with Crippen LogP contribution in [0.4, 0.5) is 13.2 Å². The number of carbonyl (C=O) groups excluding carboxylic acids is 1. The molecule has 142 valence electrons. The molecule has 1 saturated heterocycles. The quantitative estimate of drug-likeness (QED) is 0.750. The fourth-order valence-electron chi connectivity index (χ4n) is 1.89. The minimum atomic E-state index is -5.08. The highest BCUT2D eigenvalue weighted by atomic mass is 19.4. The van der Waals surface area contributed by atoms with Crippen molar-refractivity contribution in [2.75, 3.05) is 39.4 Å². The zero-order valence-electron chi connectivity index (χ0n) is 13.6. The number of nitrogens with zero attached hydrogens (tertiary/aromatic N) is 2. The number of ether oxygens (including phenoxy) is 1. The fraction of sp³-hybridized carbons (Fsp3) is 0.643. The van der Waals surface area contributed by atoms with Gasteiger partial charge in [-0.1, -0.05) is 5.16 Å². The first-order chi connectivity index (χ1) is 11.7. The molecule has 0 unspecified atom stereocenters. The van der Waals surface area contributed by atoms with Crippen LogP contribution in [0.25, 0.3) is 0 Å². The van der Waals surface area contributed by atoms with Crippen LogP contribution in [-0.2, 0) is 9.53 Å². The van der Waals surface area contributed by atoms with E-state index in [1.165, 1.54) is 0 Å². The Bertz CT molecular complexity index is 556. The first kappa shape index (κ1) is 20.9. The molecule has 1 amide bonds. The van der Waals surface area contributed by atoms with Crippen LogP contribution in [0.15, 0.2) is 10.6 Å². The van der Waals surface area contributed by atoms with E-state index in [-0.39, 0.29) is 5.91 Å². The smallest absolute Gasteiger partial charge is 0.475 e. The van der Waals surface area contributed by atoms with Gasteiger partial charge >= 0.3 is 12.1 Å². The number of carboxylic acid groups (broad SMARTS) is 1. The van der Waals surface area contributed by atoms with Crippen LogP contribution < -0.4 is 5.32 Å². The van der Waals surface area contributed by atoms with Gasteiger partial charge in [-0.25, -0.2) is 4.79 Å². The number of carboxylic acids is 1. The van der Waals surface area contributed by atoms with Gasteiger partial charge in [0, 0.05) is 25.7 Å². The molecule has 2 heterocycles. The second-order valence-electron chi connectivity index (χ2n) is 5.19. The Morgan fingerprint density at radius 1 is 1.36 bits per heavy atom. The number of halogens is 3. The van der Waals surface area contributed by atoms with Crippen molar-refractivity contribution in [1.82, 2.24) is 15.4 Å². The van der Waals surface area contributed by atoms with Crippen LogP contribution in [0.5, 0.6) is 0 Å². The van der Waals surface area contributed by atoms with E-state index in [1.807, 2.05) is 0 Å². The highest BCUT2D eigenvalue weighted by Crippen LogP contribution is 2.13. The van der Waals surface area contributed by atoms with Gasteiger partial charge in [-0.3, -0.25) is 9.69 Å². The Morgan fingerprint density at radius 2 is 1.96 bits per heavy atom. The average Bonchev–Trinajstić information content (AvgIpc) is 2.99. The molecule has 1 aliphatic rings. The normalized spacial score (nSPS) is 15.2. The molecule has 8 nitrogen and oxygen atoms in total. The Balaban J connectivity index is 0.000000381. The van der Waals surface area contributed by atoms with Crippen molar-refractivity contribution in [1.29, 1.82) is 0 Å². The fourth-order valence-corrected chi connectivity index (χ4v) is 1.89. The number of carbonyl (C=O) groups is 2. The van der Waals surface area contributed by atoms with Crippen LogP contribution in [-0.4, -0.2) is 72.6 Å². The molecule has 0 radical (unpaired) electrons. The van der Waals surface area contributed by atoms with Crippen molar-refractivity contribution in [2.45, 2.75) is 19.5 Å². The van der Waals surface area contributed by atoms with Gasteiger partial charge in [-0.15, -0.1) is 0 Å². The summed E-state index contributed by atoms with van der Waals surface area (Å²) in [5, 5.41) is 13.6. The topological polar surface area (TPSA) is 105 Å². The molecule has 0 spiro atoms. The summed E-state index contributed by atoms with van der Waals surface area (Å²) in [6, 6.07) is 1.64. The summed E-state index contributed by atoms with van der Waals surface area (Å²) < 4.78 is 41.9. The monoisotopic (exact) mass is 367 g/mol. The van der Waals surface area contributed by atoms with E-state index >= 15 is 0 Å². The predicted molar refractivity (Wildman–Crippen MR) is 79.1 cm³/mol. The minimum absolute atomic E-state index is 0.172. The number of morpholine rings is 1. The van der Waals surface area contributed by atoms with E-state index in [9.17, 15) is 18.0 Å². The number of aryl methyl sites for hydroxylation is 1. The molecule has 0 atom stereocenters. The lowest BCUT2D eigenvalue weighted by Gasteiger charge is -2.26. The average molecular weight is 367 g/mol. The summed E-state index contributed by atoms with van der Waals surface area (Å²) in [5.41, 5.74) is 0.346. The van der Waals surface area contributed by atoms with Gasteiger partial charge in [0.2, 0.25) is 0 Å². The maximum absolute atomic E-state index is 11.6. The summed E-state index contributed by atoms with van der Waals surface area (Å²) >= 11 is 0. The van der Waals surface area contributed by atoms with Crippen molar-refractivity contribution >= 4 is 11.9 Å². The zero-order valence-corrected chi connectivity index (χ0v) is 13.6. The number of alkyl halides is 3. The lowest BCUT2D eigenvalue weighted by atomic mass is 10.3. The molecule has 0 bridgehead atoms. The maximum Gasteiger partial charge on any atom is 0.490 e. The third-order valence-corrected chi connectivity index (χ3v) is 3.14. The Morgan fingerprint density at radius 3 is 2.44 bits per heavy atom. The molecule has 1 fully saturated rings. The van der Waals surface area contributed by atoms with Crippen molar-refractivity contribution in [3.63, 3.8) is 0 Å². The van der Waals surface area contributed by atoms with Gasteiger partial charge < -0.3 is 19.7 Å². The number of nitrogens with one attached hydrogen (secondary N) is 1. The van der Waals surface area contributed by atoms with E-state index < -0.39 is 12.1 Å². The van der Waals surface area contributed by atoms with E-state index in [1.54, 1.807) is 13.0 Å². The van der Waals surface area contributed by atoms with E-state index in [0.717, 1.165) is 39.3 Å². The number of aromatic nitrogens is 1. The van der Waals surface area contributed by atoms with Crippen LogP contribution in [0.3, 0.4) is 0 Å². The van der Waals surface area contributed by atoms with Gasteiger partial charge in [0.15, 0.2) is 5.69 Å². The lowest BCUT2D eigenvalue weighted by molar-refractivity contribution is -0.192. The van der Waals surface area contributed by atoms with Crippen LogP contribution >= 0.6 is 0 Å².